The Balaban J connectivity index is 1.92. The molecule has 0 aliphatic rings. The van der Waals surface area contributed by atoms with Gasteiger partial charge in [-0.25, -0.2) is 4.68 Å². The molecular formula is C14H19N3. The summed E-state index contributed by atoms with van der Waals surface area (Å²) in [5.41, 5.74) is 2.39. The van der Waals surface area contributed by atoms with Crippen LogP contribution >= 0.6 is 0 Å². The molecular weight excluding hydrogens is 210 g/mol. The number of aromatic nitrogens is 2. The lowest BCUT2D eigenvalue weighted by atomic mass is 10.2. The maximum atomic E-state index is 4.37. The van der Waals surface area contributed by atoms with Crippen LogP contribution in [0.1, 0.15) is 18.9 Å². The summed E-state index contributed by atoms with van der Waals surface area (Å²) in [5.74, 6) is 0. The van der Waals surface area contributed by atoms with Gasteiger partial charge in [0.1, 0.15) is 0 Å². The van der Waals surface area contributed by atoms with E-state index in [0.717, 1.165) is 25.2 Å². The zero-order valence-corrected chi connectivity index (χ0v) is 10.3. The van der Waals surface area contributed by atoms with Crippen LogP contribution in [0.5, 0.6) is 0 Å². The normalized spacial score (nSPS) is 10.6. The first-order valence-corrected chi connectivity index (χ1v) is 6.20. The average Bonchev–Trinajstić information content (AvgIpc) is 2.85. The molecule has 1 aromatic heterocycles. The van der Waals surface area contributed by atoms with Crippen molar-refractivity contribution in [3.05, 3.63) is 48.3 Å². The molecule has 90 valence electrons. The van der Waals surface area contributed by atoms with Crippen LogP contribution in [0.3, 0.4) is 0 Å². The highest BCUT2D eigenvalue weighted by Crippen LogP contribution is 2.07. The second-order valence-electron chi connectivity index (χ2n) is 4.13. The van der Waals surface area contributed by atoms with E-state index in [0.29, 0.717) is 0 Å². The first kappa shape index (κ1) is 11.9. The van der Waals surface area contributed by atoms with Crippen molar-refractivity contribution >= 4 is 0 Å². The number of hydrogen-bond donors (Lipinski definition) is 1. The molecule has 2 aromatic rings. The van der Waals surface area contributed by atoms with Gasteiger partial charge >= 0.3 is 0 Å². The van der Waals surface area contributed by atoms with Gasteiger partial charge in [0.25, 0.3) is 0 Å². The Morgan fingerprint density at radius 2 is 2.00 bits per heavy atom. The number of benzene rings is 1. The van der Waals surface area contributed by atoms with E-state index >= 15 is 0 Å². The third-order valence-electron chi connectivity index (χ3n) is 2.67. The smallest absolute Gasteiger partial charge is 0.0645 e. The Labute approximate surface area is 102 Å². The van der Waals surface area contributed by atoms with Gasteiger partial charge in [0.2, 0.25) is 0 Å². The van der Waals surface area contributed by atoms with Crippen LogP contribution in [0.25, 0.3) is 5.69 Å². The van der Waals surface area contributed by atoms with Gasteiger partial charge in [-0.05, 0) is 43.6 Å². The SMILES string of the molecule is CCCNCCc1cnn(-c2ccccc2)c1. The van der Waals surface area contributed by atoms with Gasteiger partial charge < -0.3 is 5.32 Å². The monoisotopic (exact) mass is 229 g/mol. The quantitative estimate of drug-likeness (QED) is 0.771. The van der Waals surface area contributed by atoms with Crippen molar-refractivity contribution in [2.24, 2.45) is 0 Å². The molecule has 0 aliphatic heterocycles. The number of nitrogens with zero attached hydrogens (tertiary/aromatic N) is 2. The molecule has 0 spiro atoms. The van der Waals surface area contributed by atoms with E-state index in [9.17, 15) is 0 Å². The molecule has 3 heteroatoms. The molecule has 17 heavy (non-hydrogen) atoms. The fourth-order valence-corrected chi connectivity index (χ4v) is 1.75. The molecule has 0 saturated heterocycles. The van der Waals surface area contributed by atoms with E-state index in [1.54, 1.807) is 0 Å². The third-order valence-corrected chi connectivity index (χ3v) is 2.67. The minimum absolute atomic E-state index is 1.02. The third kappa shape index (κ3) is 3.43. The highest BCUT2D eigenvalue weighted by Gasteiger charge is 1.99. The first-order chi connectivity index (χ1) is 8.40. The summed E-state index contributed by atoms with van der Waals surface area (Å²) in [6.07, 6.45) is 6.26. The molecule has 1 N–H and O–H groups in total. The Kier molecular flexibility index (Phi) is 4.33. The molecule has 1 heterocycles. The summed E-state index contributed by atoms with van der Waals surface area (Å²) in [6, 6.07) is 10.2. The van der Waals surface area contributed by atoms with Gasteiger partial charge in [0.05, 0.1) is 11.9 Å². The zero-order valence-electron chi connectivity index (χ0n) is 10.3. The van der Waals surface area contributed by atoms with Crippen molar-refractivity contribution in [1.82, 2.24) is 15.1 Å². The van der Waals surface area contributed by atoms with Gasteiger partial charge in [-0.1, -0.05) is 25.1 Å². The second kappa shape index (κ2) is 6.21. The molecule has 0 amide bonds. The largest absolute Gasteiger partial charge is 0.316 e. The van der Waals surface area contributed by atoms with Crippen LogP contribution in [0.4, 0.5) is 0 Å². The van der Waals surface area contributed by atoms with Crippen molar-refractivity contribution in [2.45, 2.75) is 19.8 Å². The number of para-hydroxylation sites is 1. The summed E-state index contributed by atoms with van der Waals surface area (Å²) in [6.45, 7) is 4.29. The lowest BCUT2D eigenvalue weighted by Gasteiger charge is -2.01. The van der Waals surface area contributed by atoms with E-state index in [1.807, 2.05) is 29.1 Å². The van der Waals surface area contributed by atoms with Gasteiger partial charge in [-0.15, -0.1) is 0 Å². The van der Waals surface area contributed by atoms with E-state index in [4.69, 9.17) is 0 Å². The predicted octanol–water partition coefficient (Wildman–Crippen LogP) is 2.41. The Morgan fingerprint density at radius 3 is 2.76 bits per heavy atom. The fourth-order valence-electron chi connectivity index (χ4n) is 1.75. The molecule has 1 aromatic carbocycles. The van der Waals surface area contributed by atoms with Gasteiger partial charge in [-0.2, -0.15) is 5.10 Å². The van der Waals surface area contributed by atoms with Gasteiger partial charge in [0.15, 0.2) is 0 Å². The van der Waals surface area contributed by atoms with Gasteiger partial charge in [0, 0.05) is 6.20 Å². The Morgan fingerprint density at radius 1 is 1.18 bits per heavy atom. The highest BCUT2D eigenvalue weighted by molar-refractivity contribution is 5.30. The second-order valence-corrected chi connectivity index (χ2v) is 4.13. The Hall–Kier alpha value is -1.61. The van der Waals surface area contributed by atoms with Crippen molar-refractivity contribution in [2.75, 3.05) is 13.1 Å². The number of hydrogen-bond acceptors (Lipinski definition) is 2. The van der Waals surface area contributed by atoms with Crippen LogP contribution in [0.2, 0.25) is 0 Å². The van der Waals surface area contributed by atoms with Crippen molar-refractivity contribution in [3.8, 4) is 5.69 Å². The van der Waals surface area contributed by atoms with Crippen LogP contribution < -0.4 is 5.32 Å². The summed E-state index contributed by atoms with van der Waals surface area (Å²) >= 11 is 0. The zero-order chi connectivity index (χ0) is 11.9. The lowest BCUT2D eigenvalue weighted by molar-refractivity contribution is 0.671. The molecule has 0 bridgehead atoms. The summed E-state index contributed by atoms with van der Waals surface area (Å²) in [7, 11) is 0. The number of rotatable bonds is 6. The molecule has 0 aliphatic carbocycles. The minimum Gasteiger partial charge on any atom is -0.316 e. The lowest BCUT2D eigenvalue weighted by Crippen LogP contribution is -2.17. The standard InChI is InChI=1S/C14H19N3/c1-2-9-15-10-8-13-11-16-17(12-13)14-6-4-3-5-7-14/h3-7,11-12,15H,2,8-10H2,1H3. The highest BCUT2D eigenvalue weighted by atomic mass is 15.3. The molecule has 0 saturated carbocycles. The molecule has 0 fully saturated rings. The minimum atomic E-state index is 1.02. The number of nitrogens with one attached hydrogen (secondary N) is 1. The van der Waals surface area contributed by atoms with Crippen molar-refractivity contribution in [1.29, 1.82) is 0 Å². The molecule has 3 nitrogen and oxygen atoms in total. The molecule has 0 atom stereocenters. The van der Waals surface area contributed by atoms with E-state index in [1.165, 1.54) is 12.0 Å². The average molecular weight is 229 g/mol. The van der Waals surface area contributed by atoms with Crippen LogP contribution in [-0.4, -0.2) is 22.9 Å². The predicted molar refractivity (Wildman–Crippen MR) is 70.4 cm³/mol. The van der Waals surface area contributed by atoms with Crippen LogP contribution in [0, 0.1) is 0 Å². The summed E-state index contributed by atoms with van der Waals surface area (Å²) in [4.78, 5) is 0. The molecule has 0 unspecified atom stereocenters. The topological polar surface area (TPSA) is 29.9 Å². The van der Waals surface area contributed by atoms with Crippen molar-refractivity contribution < 1.29 is 0 Å². The van der Waals surface area contributed by atoms with E-state index in [-0.39, 0.29) is 0 Å². The molecule has 0 radical (unpaired) electrons. The van der Waals surface area contributed by atoms with E-state index in [2.05, 4.69) is 35.7 Å². The van der Waals surface area contributed by atoms with E-state index < -0.39 is 0 Å². The maximum absolute atomic E-state index is 4.37. The summed E-state index contributed by atoms with van der Waals surface area (Å²) < 4.78 is 1.93. The maximum Gasteiger partial charge on any atom is 0.0645 e. The first-order valence-electron chi connectivity index (χ1n) is 6.20. The molecule has 2 rings (SSSR count). The van der Waals surface area contributed by atoms with Crippen LogP contribution in [0.15, 0.2) is 42.7 Å². The summed E-state index contributed by atoms with van der Waals surface area (Å²) in [5, 5.41) is 7.77. The van der Waals surface area contributed by atoms with Gasteiger partial charge in [-0.3, -0.25) is 0 Å². The van der Waals surface area contributed by atoms with Crippen molar-refractivity contribution in [3.63, 3.8) is 0 Å². The fraction of sp³-hybridized carbons (Fsp3) is 0.357. The van der Waals surface area contributed by atoms with Crippen LogP contribution in [-0.2, 0) is 6.42 Å². The Bertz CT molecular complexity index is 434.